The molecule has 0 aliphatic rings. The maximum atomic E-state index is 10.5. The highest BCUT2D eigenvalue weighted by atomic mass is 32.1. The van der Waals surface area contributed by atoms with Gasteiger partial charge in [-0.2, -0.15) is 5.10 Å². The molecule has 0 saturated carbocycles. The molecule has 2 aromatic rings. The van der Waals surface area contributed by atoms with E-state index < -0.39 is 5.97 Å². The quantitative estimate of drug-likeness (QED) is 0.862. The molecule has 5 heteroatoms. The summed E-state index contributed by atoms with van der Waals surface area (Å²) in [5.74, 6) is -0.932. The van der Waals surface area contributed by atoms with Gasteiger partial charge in [-0.3, -0.25) is 4.68 Å². The van der Waals surface area contributed by atoms with Crippen molar-refractivity contribution >= 4 is 23.4 Å². The lowest BCUT2D eigenvalue weighted by molar-refractivity contribution is -0.131. The predicted octanol–water partition coefficient (Wildman–Crippen LogP) is 2.71. The molecule has 0 amide bonds. The van der Waals surface area contributed by atoms with Gasteiger partial charge >= 0.3 is 5.97 Å². The van der Waals surface area contributed by atoms with Crippen LogP contribution in [-0.2, 0) is 11.3 Å². The van der Waals surface area contributed by atoms with Crippen LogP contribution >= 0.6 is 11.3 Å². The van der Waals surface area contributed by atoms with Gasteiger partial charge in [-0.15, -0.1) is 11.3 Å². The molecule has 0 atom stereocenters. The normalized spacial score (nSPS) is 11.2. The average molecular weight is 262 g/mol. The first kappa shape index (κ1) is 12.6. The van der Waals surface area contributed by atoms with Crippen LogP contribution in [0.2, 0.25) is 0 Å². The van der Waals surface area contributed by atoms with Crippen molar-refractivity contribution in [3.05, 3.63) is 45.4 Å². The van der Waals surface area contributed by atoms with Crippen LogP contribution in [0.1, 0.15) is 21.8 Å². The molecule has 4 nitrogen and oxygen atoms in total. The number of hydrogen-bond acceptors (Lipinski definition) is 3. The molecule has 2 rings (SSSR count). The zero-order valence-corrected chi connectivity index (χ0v) is 11.1. The van der Waals surface area contributed by atoms with E-state index in [1.165, 1.54) is 0 Å². The van der Waals surface area contributed by atoms with E-state index in [0.29, 0.717) is 6.54 Å². The minimum absolute atomic E-state index is 0.677. The molecule has 94 valence electrons. The summed E-state index contributed by atoms with van der Waals surface area (Å²) < 4.78 is 1.93. The second-order valence-corrected chi connectivity index (χ2v) is 5.06. The van der Waals surface area contributed by atoms with Crippen LogP contribution in [0, 0.1) is 13.8 Å². The van der Waals surface area contributed by atoms with Gasteiger partial charge in [0.1, 0.15) is 0 Å². The fourth-order valence-corrected chi connectivity index (χ4v) is 2.61. The van der Waals surface area contributed by atoms with Gasteiger partial charge in [0.05, 0.1) is 12.2 Å². The van der Waals surface area contributed by atoms with Crippen LogP contribution in [0.25, 0.3) is 6.08 Å². The molecular weight excluding hydrogens is 248 g/mol. The van der Waals surface area contributed by atoms with Crippen LogP contribution in [0.3, 0.4) is 0 Å². The topological polar surface area (TPSA) is 55.1 Å². The number of hydrogen-bond donors (Lipinski definition) is 1. The Kier molecular flexibility index (Phi) is 3.62. The van der Waals surface area contributed by atoms with Crippen LogP contribution in [0.4, 0.5) is 0 Å². The monoisotopic (exact) mass is 262 g/mol. The molecule has 0 radical (unpaired) electrons. The predicted molar refractivity (Wildman–Crippen MR) is 71.8 cm³/mol. The molecule has 0 aliphatic carbocycles. The van der Waals surface area contributed by atoms with E-state index in [0.717, 1.165) is 27.9 Å². The third kappa shape index (κ3) is 2.87. The Bertz CT molecular complexity index is 596. The molecule has 0 spiro atoms. The number of rotatable bonds is 4. The summed E-state index contributed by atoms with van der Waals surface area (Å²) in [5, 5.41) is 15.0. The SMILES string of the molecule is Cc1cc(C)n(Cc2sccc2C=CC(=O)O)n1. The van der Waals surface area contributed by atoms with Crippen molar-refractivity contribution in [1.82, 2.24) is 9.78 Å². The smallest absolute Gasteiger partial charge is 0.328 e. The largest absolute Gasteiger partial charge is 0.478 e. The summed E-state index contributed by atoms with van der Waals surface area (Å²) >= 11 is 1.61. The Hall–Kier alpha value is -1.88. The van der Waals surface area contributed by atoms with Gasteiger partial charge < -0.3 is 5.11 Å². The highest BCUT2D eigenvalue weighted by Crippen LogP contribution is 2.20. The number of carboxylic acids is 1. The molecule has 0 unspecified atom stereocenters. The van der Waals surface area contributed by atoms with E-state index in [2.05, 4.69) is 5.10 Å². The average Bonchev–Trinajstić information content (AvgIpc) is 2.84. The van der Waals surface area contributed by atoms with Crippen LogP contribution < -0.4 is 0 Å². The summed E-state index contributed by atoms with van der Waals surface area (Å²) in [6.45, 7) is 4.65. The standard InChI is InChI=1S/C13H14N2O2S/c1-9-7-10(2)15(14-9)8-12-11(5-6-18-12)3-4-13(16)17/h3-7H,8H2,1-2H3,(H,16,17). The van der Waals surface area contributed by atoms with Crippen molar-refractivity contribution in [2.75, 3.05) is 0 Å². The molecule has 18 heavy (non-hydrogen) atoms. The van der Waals surface area contributed by atoms with Gasteiger partial charge in [-0.05, 0) is 43.0 Å². The minimum atomic E-state index is -0.932. The van der Waals surface area contributed by atoms with Gasteiger partial charge in [0, 0.05) is 16.6 Å². The fourth-order valence-electron chi connectivity index (χ4n) is 1.76. The maximum Gasteiger partial charge on any atom is 0.328 e. The van der Waals surface area contributed by atoms with Crippen molar-refractivity contribution < 1.29 is 9.90 Å². The number of thiophene rings is 1. The lowest BCUT2D eigenvalue weighted by atomic mass is 10.2. The highest BCUT2D eigenvalue weighted by molar-refractivity contribution is 7.10. The number of aryl methyl sites for hydroxylation is 2. The fraction of sp³-hybridized carbons (Fsp3) is 0.231. The number of carbonyl (C=O) groups is 1. The zero-order chi connectivity index (χ0) is 13.1. The number of carboxylic acid groups (broad SMARTS) is 1. The van der Waals surface area contributed by atoms with Gasteiger partial charge in [-0.25, -0.2) is 4.79 Å². The third-order valence-electron chi connectivity index (χ3n) is 2.58. The first-order valence-corrected chi connectivity index (χ1v) is 6.42. The zero-order valence-electron chi connectivity index (χ0n) is 10.3. The van der Waals surface area contributed by atoms with Gasteiger partial charge in [0.25, 0.3) is 0 Å². The summed E-state index contributed by atoms with van der Waals surface area (Å²) in [4.78, 5) is 11.6. The van der Waals surface area contributed by atoms with Crippen LogP contribution in [0.5, 0.6) is 0 Å². The Labute approximate surface area is 109 Å². The summed E-state index contributed by atoms with van der Waals surface area (Å²) in [7, 11) is 0. The van der Waals surface area contributed by atoms with Crippen molar-refractivity contribution in [3.63, 3.8) is 0 Å². The van der Waals surface area contributed by atoms with Crippen molar-refractivity contribution in [3.8, 4) is 0 Å². The van der Waals surface area contributed by atoms with Gasteiger partial charge in [0.15, 0.2) is 0 Å². The molecule has 2 heterocycles. The number of aliphatic carboxylic acids is 1. The molecule has 0 fully saturated rings. The van der Waals surface area contributed by atoms with E-state index in [9.17, 15) is 4.79 Å². The van der Waals surface area contributed by atoms with Crippen molar-refractivity contribution in [1.29, 1.82) is 0 Å². The van der Waals surface area contributed by atoms with Crippen LogP contribution in [-0.4, -0.2) is 20.9 Å². The Balaban J connectivity index is 2.22. The van der Waals surface area contributed by atoms with Crippen LogP contribution in [0.15, 0.2) is 23.6 Å². The highest BCUT2D eigenvalue weighted by Gasteiger charge is 2.06. The third-order valence-corrected chi connectivity index (χ3v) is 3.50. The second-order valence-electron chi connectivity index (χ2n) is 4.06. The first-order chi connectivity index (χ1) is 8.56. The Morgan fingerprint density at radius 3 is 2.94 bits per heavy atom. The summed E-state index contributed by atoms with van der Waals surface area (Å²) in [6.07, 6.45) is 2.78. The van der Waals surface area contributed by atoms with Crippen molar-refractivity contribution in [2.24, 2.45) is 0 Å². The summed E-state index contributed by atoms with van der Waals surface area (Å²) in [5.41, 5.74) is 3.04. The summed E-state index contributed by atoms with van der Waals surface area (Å²) in [6, 6.07) is 3.95. The van der Waals surface area contributed by atoms with Crippen molar-refractivity contribution in [2.45, 2.75) is 20.4 Å². The van der Waals surface area contributed by atoms with E-state index >= 15 is 0 Å². The molecular formula is C13H14N2O2S. The molecule has 1 N–H and O–H groups in total. The van der Waals surface area contributed by atoms with Gasteiger partial charge in [0.2, 0.25) is 0 Å². The lowest BCUT2D eigenvalue weighted by Crippen LogP contribution is -2.03. The Morgan fingerprint density at radius 1 is 1.56 bits per heavy atom. The van der Waals surface area contributed by atoms with E-state index in [1.54, 1.807) is 17.4 Å². The lowest BCUT2D eigenvalue weighted by Gasteiger charge is -2.03. The minimum Gasteiger partial charge on any atom is -0.478 e. The van der Waals surface area contributed by atoms with E-state index in [1.807, 2.05) is 36.0 Å². The molecule has 0 saturated heterocycles. The van der Waals surface area contributed by atoms with Gasteiger partial charge in [-0.1, -0.05) is 0 Å². The number of nitrogens with zero attached hydrogens (tertiary/aromatic N) is 2. The maximum absolute atomic E-state index is 10.5. The number of aromatic nitrogens is 2. The Morgan fingerprint density at radius 2 is 2.33 bits per heavy atom. The first-order valence-electron chi connectivity index (χ1n) is 5.54. The molecule has 0 aromatic carbocycles. The van der Waals surface area contributed by atoms with E-state index in [-0.39, 0.29) is 0 Å². The molecule has 0 aliphatic heterocycles. The molecule has 2 aromatic heterocycles. The van der Waals surface area contributed by atoms with E-state index in [4.69, 9.17) is 5.11 Å². The molecule has 0 bridgehead atoms. The second kappa shape index (κ2) is 5.18.